The first-order valence-corrected chi connectivity index (χ1v) is 8.41. The van der Waals surface area contributed by atoms with Gasteiger partial charge in [-0.15, -0.1) is 0 Å². The molecule has 3 amide bonds. The number of likely N-dealkylation sites (N-methyl/N-ethyl adjacent to an activating group) is 1. The molecule has 0 saturated carbocycles. The third-order valence-corrected chi connectivity index (χ3v) is 4.07. The lowest BCUT2D eigenvalue weighted by Gasteiger charge is -2.18. The van der Waals surface area contributed by atoms with E-state index in [0.717, 1.165) is 11.1 Å². The minimum Gasteiger partial charge on any atom is -0.352 e. The van der Waals surface area contributed by atoms with Gasteiger partial charge in [-0.1, -0.05) is 6.07 Å². The molecular formula is C18H23N3O4. The van der Waals surface area contributed by atoms with Crippen LogP contribution in [0.4, 0.5) is 0 Å². The molecule has 0 radical (unpaired) electrons. The van der Waals surface area contributed by atoms with Crippen LogP contribution in [0.5, 0.6) is 0 Å². The van der Waals surface area contributed by atoms with Gasteiger partial charge in [0.05, 0.1) is 6.42 Å². The second kappa shape index (κ2) is 8.41. The van der Waals surface area contributed by atoms with Crippen LogP contribution in [0.3, 0.4) is 0 Å². The molecule has 0 bridgehead atoms. The number of nitrogens with one attached hydrogen (secondary N) is 3. The van der Waals surface area contributed by atoms with Gasteiger partial charge in [-0.3, -0.25) is 19.2 Å². The minimum atomic E-state index is -0.589. The number of amides is 3. The van der Waals surface area contributed by atoms with Crippen molar-refractivity contribution in [2.45, 2.75) is 45.7 Å². The number of hydrogen-bond donors (Lipinski definition) is 3. The molecule has 134 valence electrons. The van der Waals surface area contributed by atoms with Gasteiger partial charge in [-0.25, -0.2) is 0 Å². The molecule has 1 aliphatic heterocycles. The third-order valence-electron chi connectivity index (χ3n) is 4.07. The van der Waals surface area contributed by atoms with Gasteiger partial charge in [0.25, 0.3) is 11.8 Å². The Bertz CT molecular complexity index is 700. The van der Waals surface area contributed by atoms with Crippen molar-refractivity contribution < 1.29 is 19.2 Å². The number of hydrogen-bond acceptors (Lipinski definition) is 4. The summed E-state index contributed by atoms with van der Waals surface area (Å²) in [7, 11) is 0. The lowest BCUT2D eigenvalue weighted by molar-refractivity contribution is -0.137. The van der Waals surface area contributed by atoms with E-state index < -0.39 is 11.7 Å². The van der Waals surface area contributed by atoms with Crippen LogP contribution in [0.1, 0.15) is 48.2 Å². The predicted octanol–water partition coefficient (Wildman–Crippen LogP) is 0.463. The van der Waals surface area contributed by atoms with Crippen molar-refractivity contribution in [3.63, 3.8) is 0 Å². The Morgan fingerprint density at radius 3 is 2.72 bits per heavy atom. The smallest absolute Gasteiger partial charge is 0.287 e. The summed E-state index contributed by atoms with van der Waals surface area (Å²) in [5, 5.41) is 8.04. The van der Waals surface area contributed by atoms with Crippen molar-refractivity contribution in [2.24, 2.45) is 0 Å². The molecule has 25 heavy (non-hydrogen) atoms. The molecule has 1 atom stereocenters. The number of fused-ring (bicyclic) bond motifs is 1. The molecule has 0 aliphatic carbocycles. The fourth-order valence-corrected chi connectivity index (χ4v) is 2.63. The Kier molecular flexibility index (Phi) is 6.27. The fraction of sp³-hybridized carbons (Fsp3) is 0.444. The highest BCUT2D eigenvalue weighted by Gasteiger charge is 2.18. The van der Waals surface area contributed by atoms with Crippen LogP contribution in [0, 0.1) is 0 Å². The molecule has 0 fully saturated rings. The number of rotatable bonds is 7. The molecule has 1 aromatic rings. The second-order valence-electron chi connectivity index (χ2n) is 6.13. The van der Waals surface area contributed by atoms with Crippen LogP contribution >= 0.6 is 0 Å². The summed E-state index contributed by atoms with van der Waals surface area (Å²) in [6, 6.07) is 5.05. The van der Waals surface area contributed by atoms with Crippen LogP contribution in [0.2, 0.25) is 0 Å². The number of ketones is 1. The van der Waals surface area contributed by atoms with E-state index in [2.05, 4.69) is 16.0 Å². The van der Waals surface area contributed by atoms with Crippen LogP contribution in [-0.4, -0.2) is 36.1 Å². The molecular weight excluding hydrogens is 322 g/mol. The van der Waals surface area contributed by atoms with Crippen molar-refractivity contribution in [3.05, 3.63) is 34.9 Å². The van der Waals surface area contributed by atoms with Gasteiger partial charge in [0, 0.05) is 31.1 Å². The fourth-order valence-electron chi connectivity index (χ4n) is 2.63. The van der Waals surface area contributed by atoms with Crippen LogP contribution in [0.15, 0.2) is 18.2 Å². The van der Waals surface area contributed by atoms with Crippen molar-refractivity contribution in [1.82, 2.24) is 16.0 Å². The largest absolute Gasteiger partial charge is 0.352 e. The zero-order valence-corrected chi connectivity index (χ0v) is 14.5. The Labute approximate surface area is 146 Å². The van der Waals surface area contributed by atoms with E-state index in [1.54, 1.807) is 26.0 Å². The predicted molar refractivity (Wildman–Crippen MR) is 91.8 cm³/mol. The minimum absolute atomic E-state index is 0.0534. The summed E-state index contributed by atoms with van der Waals surface area (Å²) < 4.78 is 0. The zero-order chi connectivity index (χ0) is 18.4. The lowest BCUT2D eigenvalue weighted by atomic mass is 9.97. The summed E-state index contributed by atoms with van der Waals surface area (Å²) in [5.41, 5.74) is 2.35. The first-order chi connectivity index (χ1) is 11.9. The molecule has 0 spiro atoms. The standard InChI is InChI=1S/C18H23N3O4/c1-3-19-18(25)15(22)7-4-11(2)21-17(24)12-5-6-13-10-20-16(23)9-14(13)8-12/h5-6,8,11H,3-4,7,9-10H2,1-2H3,(H,19,25)(H,20,23)(H,21,24). The summed E-state index contributed by atoms with van der Waals surface area (Å²) in [6.07, 6.45) is 0.736. The van der Waals surface area contributed by atoms with E-state index in [0.29, 0.717) is 25.1 Å². The summed E-state index contributed by atoms with van der Waals surface area (Å²) in [6.45, 7) is 4.42. The first-order valence-electron chi connectivity index (χ1n) is 8.41. The van der Waals surface area contributed by atoms with Gasteiger partial charge in [0.1, 0.15) is 0 Å². The maximum absolute atomic E-state index is 12.3. The van der Waals surface area contributed by atoms with Crippen molar-refractivity contribution in [2.75, 3.05) is 6.54 Å². The van der Waals surface area contributed by atoms with E-state index >= 15 is 0 Å². The Hall–Kier alpha value is -2.70. The summed E-state index contributed by atoms with van der Waals surface area (Å²) >= 11 is 0. The SMILES string of the molecule is CCNC(=O)C(=O)CCC(C)NC(=O)c1ccc2c(c1)CC(=O)NC2. The van der Waals surface area contributed by atoms with Gasteiger partial charge in [0.2, 0.25) is 11.7 Å². The number of Topliss-reactive ketones (excluding diaryl/α,β-unsaturated/α-hetero) is 1. The molecule has 1 aliphatic rings. The van der Waals surface area contributed by atoms with Crippen LogP contribution in [-0.2, 0) is 27.3 Å². The quantitative estimate of drug-likeness (QED) is 0.625. The van der Waals surface area contributed by atoms with Gasteiger partial charge >= 0.3 is 0 Å². The maximum atomic E-state index is 12.3. The molecule has 7 nitrogen and oxygen atoms in total. The number of benzene rings is 1. The monoisotopic (exact) mass is 345 g/mol. The average molecular weight is 345 g/mol. The van der Waals surface area contributed by atoms with E-state index in [4.69, 9.17) is 0 Å². The summed E-state index contributed by atoms with van der Waals surface area (Å²) in [5.74, 6) is -1.38. The third kappa shape index (κ3) is 5.14. The highest BCUT2D eigenvalue weighted by atomic mass is 16.2. The average Bonchev–Trinajstić information content (AvgIpc) is 2.59. The van der Waals surface area contributed by atoms with E-state index in [1.165, 1.54) is 0 Å². The maximum Gasteiger partial charge on any atom is 0.287 e. The number of carbonyl (C=O) groups excluding carboxylic acids is 4. The van der Waals surface area contributed by atoms with Crippen molar-refractivity contribution in [3.8, 4) is 0 Å². The normalized spacial score (nSPS) is 14.1. The van der Waals surface area contributed by atoms with Gasteiger partial charge in [-0.05, 0) is 43.5 Å². The zero-order valence-electron chi connectivity index (χ0n) is 14.5. The van der Waals surface area contributed by atoms with Gasteiger partial charge < -0.3 is 16.0 Å². The lowest BCUT2D eigenvalue weighted by Crippen LogP contribution is -2.35. The Balaban J connectivity index is 1.89. The van der Waals surface area contributed by atoms with Crippen LogP contribution in [0.25, 0.3) is 0 Å². The molecule has 2 rings (SSSR count). The van der Waals surface area contributed by atoms with Crippen molar-refractivity contribution >= 4 is 23.5 Å². The molecule has 1 heterocycles. The molecule has 3 N–H and O–H groups in total. The molecule has 1 aromatic carbocycles. The van der Waals surface area contributed by atoms with E-state index in [9.17, 15) is 19.2 Å². The molecule has 0 aromatic heterocycles. The number of carbonyl (C=O) groups is 4. The van der Waals surface area contributed by atoms with Crippen molar-refractivity contribution in [1.29, 1.82) is 0 Å². The Morgan fingerprint density at radius 2 is 2.00 bits per heavy atom. The summed E-state index contributed by atoms with van der Waals surface area (Å²) in [4.78, 5) is 46.8. The van der Waals surface area contributed by atoms with Gasteiger partial charge in [0.15, 0.2) is 0 Å². The van der Waals surface area contributed by atoms with E-state index in [-0.39, 0.29) is 30.7 Å². The first kappa shape index (κ1) is 18.6. The van der Waals surface area contributed by atoms with E-state index in [1.807, 2.05) is 6.07 Å². The topological polar surface area (TPSA) is 104 Å². The second-order valence-corrected chi connectivity index (χ2v) is 6.13. The molecule has 0 saturated heterocycles. The molecule has 1 unspecified atom stereocenters. The molecule has 7 heteroatoms. The highest BCUT2D eigenvalue weighted by molar-refractivity contribution is 6.36. The van der Waals surface area contributed by atoms with Gasteiger partial charge in [-0.2, -0.15) is 0 Å². The Morgan fingerprint density at radius 1 is 1.24 bits per heavy atom. The highest BCUT2D eigenvalue weighted by Crippen LogP contribution is 2.16. The van der Waals surface area contributed by atoms with Crippen LogP contribution < -0.4 is 16.0 Å².